The Labute approximate surface area is 326 Å². The number of hydrogen-bond acceptors (Lipinski definition) is 8. The molecule has 0 bridgehead atoms. The molecule has 8 nitrogen and oxygen atoms in total. The van der Waals surface area contributed by atoms with Crippen LogP contribution < -0.4 is 20.7 Å². The van der Waals surface area contributed by atoms with Gasteiger partial charge in [0, 0.05) is 34.1 Å². The second kappa shape index (κ2) is 16.4. The first kappa shape index (κ1) is 35.2. The Balaban J connectivity index is 1.05. The number of anilines is 8. The maximum atomic E-state index is 8.15. The van der Waals surface area contributed by atoms with E-state index in [1.807, 2.05) is 97.1 Å². The van der Waals surface area contributed by atoms with E-state index in [1.54, 1.807) is 12.2 Å². The van der Waals surface area contributed by atoms with Gasteiger partial charge in [-0.1, -0.05) is 97.1 Å². The van der Waals surface area contributed by atoms with Crippen molar-refractivity contribution in [3.8, 4) is 11.1 Å². The van der Waals surface area contributed by atoms with Crippen molar-refractivity contribution in [1.29, 1.82) is 10.8 Å². The molecular weight excluding hydrogens is 689 g/mol. The molecule has 0 amide bonds. The molecule has 2 aliphatic carbocycles. The number of benzene rings is 6. The highest BCUT2D eigenvalue weighted by Gasteiger charge is 2.16. The lowest BCUT2D eigenvalue weighted by Gasteiger charge is -2.26. The van der Waals surface area contributed by atoms with Gasteiger partial charge < -0.3 is 9.80 Å². The summed E-state index contributed by atoms with van der Waals surface area (Å²) in [7, 11) is 0. The average Bonchev–Trinajstić information content (AvgIpc) is 3.25. The maximum absolute atomic E-state index is 8.15. The average molecular weight is 727 g/mol. The smallest absolute Gasteiger partial charge is 0.108 e. The van der Waals surface area contributed by atoms with Crippen molar-refractivity contribution < 1.29 is 0 Å². The first-order valence-electron chi connectivity index (χ1n) is 18.2. The van der Waals surface area contributed by atoms with E-state index in [0.29, 0.717) is 22.8 Å². The topological polar surface area (TPSA) is 103 Å². The molecule has 0 heterocycles. The lowest BCUT2D eigenvalue weighted by Crippen LogP contribution is -2.12. The van der Waals surface area contributed by atoms with Crippen LogP contribution in [0.5, 0.6) is 0 Å². The summed E-state index contributed by atoms with van der Waals surface area (Å²) in [5, 5.41) is 25.2. The van der Waals surface area contributed by atoms with Gasteiger partial charge in [-0.25, -0.2) is 0 Å². The van der Waals surface area contributed by atoms with E-state index in [-0.39, 0.29) is 0 Å². The van der Waals surface area contributed by atoms with Crippen LogP contribution in [0.15, 0.2) is 217 Å². The second-order valence-electron chi connectivity index (χ2n) is 13.0. The van der Waals surface area contributed by atoms with E-state index < -0.39 is 0 Å². The third-order valence-electron chi connectivity index (χ3n) is 9.24. The normalized spacial score (nSPS) is 14.6. The Hall–Kier alpha value is -7.84. The third kappa shape index (κ3) is 8.05. The highest BCUT2D eigenvalue weighted by atomic mass is 15.3. The molecule has 0 radical (unpaired) electrons. The largest absolute Gasteiger partial charge is 0.310 e. The molecule has 6 aromatic rings. The molecule has 0 saturated heterocycles. The molecule has 0 spiro atoms. The van der Waals surface area contributed by atoms with E-state index in [1.165, 1.54) is 0 Å². The molecule has 6 aromatic carbocycles. The van der Waals surface area contributed by atoms with Gasteiger partial charge in [-0.05, 0) is 120 Å². The summed E-state index contributed by atoms with van der Waals surface area (Å²) in [5.74, 6) is 0. The number of nitrogens with zero attached hydrogens (tertiary/aromatic N) is 4. The van der Waals surface area contributed by atoms with Crippen molar-refractivity contribution in [2.45, 2.75) is 0 Å². The number of rotatable bonds is 11. The maximum Gasteiger partial charge on any atom is 0.108 e. The van der Waals surface area contributed by atoms with Gasteiger partial charge in [0.2, 0.25) is 0 Å². The Bertz CT molecular complexity index is 2370. The van der Waals surface area contributed by atoms with Crippen LogP contribution in [-0.2, 0) is 0 Å². The third-order valence-corrected chi connectivity index (χ3v) is 9.24. The first-order chi connectivity index (χ1) is 27.6. The van der Waals surface area contributed by atoms with Gasteiger partial charge in [-0.15, -0.1) is 0 Å². The summed E-state index contributed by atoms with van der Waals surface area (Å²) < 4.78 is 0. The van der Waals surface area contributed by atoms with E-state index in [4.69, 9.17) is 10.8 Å². The molecule has 4 N–H and O–H groups in total. The van der Waals surface area contributed by atoms with Crippen molar-refractivity contribution in [1.82, 2.24) is 0 Å². The number of hydrazone groups is 2. The SMILES string of the molecule is N=C1C=CC=C/C1=N/Nc1cccc(N(c2ccccc2)c2ccc(-c3ccc(N(c4ccccc4)c4cccc(N/N=C5/C=CC=CC5=N)c4)cc3)cc2)c1. The molecule has 0 fully saturated rings. The fourth-order valence-electron chi connectivity index (χ4n) is 6.48. The molecule has 0 aliphatic heterocycles. The molecule has 56 heavy (non-hydrogen) atoms. The molecule has 270 valence electrons. The number of allylic oxidation sites excluding steroid dienone is 8. The van der Waals surface area contributed by atoms with Crippen molar-refractivity contribution >= 4 is 68.3 Å². The van der Waals surface area contributed by atoms with Gasteiger partial charge in [-0.2, -0.15) is 10.2 Å². The molecule has 8 rings (SSSR count). The summed E-state index contributed by atoms with van der Waals surface area (Å²) in [5.41, 5.74) is 18.1. The molecule has 0 saturated carbocycles. The lowest BCUT2D eigenvalue weighted by molar-refractivity contribution is 1.27. The zero-order valence-corrected chi connectivity index (χ0v) is 30.4. The van der Waals surface area contributed by atoms with Crippen molar-refractivity contribution in [2.75, 3.05) is 20.7 Å². The molecule has 8 heteroatoms. The van der Waals surface area contributed by atoms with Crippen LogP contribution in [0.2, 0.25) is 0 Å². The quantitative estimate of drug-likeness (QED) is 0.0788. The van der Waals surface area contributed by atoms with Gasteiger partial charge in [-0.3, -0.25) is 21.7 Å². The van der Waals surface area contributed by atoms with Gasteiger partial charge in [0.25, 0.3) is 0 Å². The Kier molecular flexibility index (Phi) is 10.3. The highest BCUT2D eigenvalue weighted by Crippen LogP contribution is 2.39. The van der Waals surface area contributed by atoms with Gasteiger partial charge in [0.05, 0.1) is 22.8 Å². The van der Waals surface area contributed by atoms with Crippen molar-refractivity contribution in [3.63, 3.8) is 0 Å². The summed E-state index contributed by atoms with van der Waals surface area (Å²) in [6, 6.07) is 54.1. The lowest BCUT2D eigenvalue weighted by atomic mass is 10.0. The molecule has 0 unspecified atom stereocenters. The first-order valence-corrected chi connectivity index (χ1v) is 18.2. The monoisotopic (exact) mass is 726 g/mol. The van der Waals surface area contributed by atoms with E-state index in [2.05, 4.69) is 128 Å². The molecular formula is C48H38N8. The predicted octanol–water partition coefficient (Wildman–Crippen LogP) is 12.1. The van der Waals surface area contributed by atoms with Crippen LogP contribution in [0.25, 0.3) is 11.1 Å². The van der Waals surface area contributed by atoms with Crippen LogP contribution in [-0.4, -0.2) is 22.8 Å². The number of para-hydroxylation sites is 2. The summed E-state index contributed by atoms with van der Waals surface area (Å²) in [6.07, 6.45) is 14.5. The summed E-state index contributed by atoms with van der Waals surface area (Å²) >= 11 is 0. The predicted molar refractivity (Wildman–Crippen MR) is 235 cm³/mol. The van der Waals surface area contributed by atoms with Crippen LogP contribution in [0, 0.1) is 10.8 Å². The zero-order valence-electron chi connectivity index (χ0n) is 30.4. The summed E-state index contributed by atoms with van der Waals surface area (Å²) in [6.45, 7) is 0. The zero-order chi connectivity index (χ0) is 38.1. The van der Waals surface area contributed by atoms with Crippen LogP contribution in [0.3, 0.4) is 0 Å². The van der Waals surface area contributed by atoms with Gasteiger partial charge in [0.15, 0.2) is 0 Å². The van der Waals surface area contributed by atoms with Crippen molar-refractivity contribution in [2.24, 2.45) is 10.2 Å². The van der Waals surface area contributed by atoms with E-state index >= 15 is 0 Å². The second-order valence-corrected chi connectivity index (χ2v) is 13.0. The molecule has 0 atom stereocenters. The van der Waals surface area contributed by atoms with Gasteiger partial charge in [0.1, 0.15) is 11.4 Å². The minimum absolute atomic E-state index is 0.365. The standard InChI is InChI=1S/C48H38N8/c49-45-21-7-9-23-47(45)53-51-37-13-11-19-43(33-37)55(39-15-3-1-4-16-39)41-29-25-35(26-30-41)36-27-31-42(32-28-36)56(40-17-5-2-6-18-40)44-20-12-14-38(34-44)52-54-48-24-10-8-22-46(48)50/h1-34,49-52H/b49-45?,50-46?,53-47-,54-48-. The Morgan fingerprint density at radius 1 is 0.357 bits per heavy atom. The van der Waals surface area contributed by atoms with Gasteiger partial charge >= 0.3 is 0 Å². The minimum atomic E-state index is 0.365. The summed E-state index contributed by atoms with van der Waals surface area (Å²) in [4.78, 5) is 4.44. The Morgan fingerprint density at radius 2 is 0.714 bits per heavy atom. The van der Waals surface area contributed by atoms with Crippen LogP contribution in [0.4, 0.5) is 45.5 Å². The molecule has 2 aliphatic rings. The highest BCUT2D eigenvalue weighted by molar-refractivity contribution is 6.50. The fraction of sp³-hybridized carbons (Fsp3) is 0. The van der Waals surface area contributed by atoms with Crippen molar-refractivity contribution in [3.05, 3.63) is 206 Å². The number of nitrogens with one attached hydrogen (secondary N) is 4. The fourth-order valence-corrected chi connectivity index (χ4v) is 6.48. The Morgan fingerprint density at radius 3 is 1.11 bits per heavy atom. The van der Waals surface area contributed by atoms with E-state index in [0.717, 1.165) is 56.6 Å². The minimum Gasteiger partial charge on any atom is -0.310 e. The molecule has 0 aromatic heterocycles. The van der Waals surface area contributed by atoms with E-state index in [9.17, 15) is 0 Å². The van der Waals surface area contributed by atoms with Crippen LogP contribution >= 0.6 is 0 Å². The van der Waals surface area contributed by atoms with Crippen LogP contribution in [0.1, 0.15) is 0 Å². The number of hydrogen-bond donors (Lipinski definition) is 4.